The molecule has 3 aromatic rings. The zero-order valence-corrected chi connectivity index (χ0v) is 22.9. The van der Waals surface area contributed by atoms with Gasteiger partial charge in [0.25, 0.3) is 0 Å². The fraction of sp³-hybridized carbons (Fsp3) is 0.467. The number of rotatable bonds is 13. The van der Waals surface area contributed by atoms with Gasteiger partial charge in [0.05, 0.1) is 13.2 Å². The summed E-state index contributed by atoms with van der Waals surface area (Å²) in [5.74, 6) is 0.710. The number of hydrogen-bond acceptors (Lipinski definition) is 4. The van der Waals surface area contributed by atoms with Gasteiger partial charge in [-0.15, -0.1) is 0 Å². The Hall–Kier alpha value is -3.32. The number of aromatic nitrogens is 1. The van der Waals surface area contributed by atoms with Gasteiger partial charge in [-0.25, -0.2) is 0 Å². The van der Waals surface area contributed by atoms with Gasteiger partial charge in [0.15, 0.2) is 0 Å². The standard InChI is InChI=1S/C30H41N3O4/c1-6-37-25-14-12-23(13-15-25)21-32(18-16-24-20-31-27-11-8-7-10-26(24)27)28(34)22-33(17-9-19-36-5)29(35)30(2,3)4/h7-8,10-15,20,31H,6,9,16-19,21-22H2,1-5H3. The smallest absolute Gasteiger partial charge is 0.242 e. The molecule has 0 saturated carbocycles. The topological polar surface area (TPSA) is 74.9 Å². The average Bonchev–Trinajstić information content (AvgIpc) is 3.29. The molecule has 1 heterocycles. The number of benzene rings is 2. The molecule has 0 aliphatic heterocycles. The Morgan fingerprint density at radius 3 is 2.38 bits per heavy atom. The molecule has 1 N–H and O–H groups in total. The Bertz CT molecular complexity index is 1150. The lowest BCUT2D eigenvalue weighted by atomic mass is 9.94. The van der Waals surface area contributed by atoms with Crippen LogP contribution < -0.4 is 4.74 Å². The predicted octanol–water partition coefficient (Wildman–Crippen LogP) is 5.05. The number of amides is 2. The van der Waals surface area contributed by atoms with Gasteiger partial charge in [-0.1, -0.05) is 51.1 Å². The van der Waals surface area contributed by atoms with E-state index in [-0.39, 0.29) is 18.4 Å². The van der Waals surface area contributed by atoms with Gasteiger partial charge >= 0.3 is 0 Å². The van der Waals surface area contributed by atoms with Gasteiger partial charge in [0, 0.05) is 55.9 Å². The van der Waals surface area contributed by atoms with Gasteiger partial charge in [0.2, 0.25) is 11.8 Å². The normalized spacial score (nSPS) is 11.5. The summed E-state index contributed by atoms with van der Waals surface area (Å²) in [6, 6.07) is 16.0. The van der Waals surface area contributed by atoms with Crippen LogP contribution in [0.15, 0.2) is 54.7 Å². The second kappa shape index (κ2) is 13.3. The molecule has 200 valence electrons. The summed E-state index contributed by atoms with van der Waals surface area (Å²) in [7, 11) is 1.64. The van der Waals surface area contributed by atoms with Crippen molar-refractivity contribution in [3.63, 3.8) is 0 Å². The van der Waals surface area contributed by atoms with Crippen LogP contribution in [-0.2, 0) is 27.3 Å². The Balaban J connectivity index is 1.79. The maximum Gasteiger partial charge on any atom is 0.242 e. The molecule has 1 aromatic heterocycles. The summed E-state index contributed by atoms with van der Waals surface area (Å²) >= 11 is 0. The van der Waals surface area contributed by atoms with Crippen molar-refractivity contribution in [2.45, 2.75) is 47.1 Å². The average molecular weight is 508 g/mol. The van der Waals surface area contributed by atoms with Crippen LogP contribution in [0.25, 0.3) is 10.9 Å². The lowest BCUT2D eigenvalue weighted by Gasteiger charge is -2.31. The molecule has 0 saturated heterocycles. The highest BCUT2D eigenvalue weighted by Crippen LogP contribution is 2.21. The van der Waals surface area contributed by atoms with E-state index in [0.29, 0.717) is 45.7 Å². The molecule has 0 aliphatic rings. The van der Waals surface area contributed by atoms with E-state index in [1.54, 1.807) is 12.0 Å². The molecule has 0 fully saturated rings. The number of fused-ring (bicyclic) bond motifs is 1. The highest BCUT2D eigenvalue weighted by atomic mass is 16.5. The second-order valence-corrected chi connectivity index (χ2v) is 10.3. The third-order valence-electron chi connectivity index (χ3n) is 6.32. The lowest BCUT2D eigenvalue weighted by Crippen LogP contribution is -2.47. The van der Waals surface area contributed by atoms with Crippen molar-refractivity contribution in [3.05, 3.63) is 65.9 Å². The van der Waals surface area contributed by atoms with Crippen LogP contribution in [0.3, 0.4) is 0 Å². The number of methoxy groups -OCH3 is 1. The van der Waals surface area contributed by atoms with E-state index in [1.807, 2.05) is 75.2 Å². The number of carbonyl (C=O) groups excluding carboxylic acids is 2. The number of nitrogens with zero attached hydrogens (tertiary/aromatic N) is 2. The molecule has 7 nitrogen and oxygen atoms in total. The van der Waals surface area contributed by atoms with Crippen molar-refractivity contribution in [2.24, 2.45) is 5.41 Å². The Morgan fingerprint density at radius 1 is 0.973 bits per heavy atom. The number of ether oxygens (including phenoxy) is 2. The summed E-state index contributed by atoms with van der Waals surface area (Å²) in [6.07, 6.45) is 3.41. The molecule has 3 rings (SSSR count). The van der Waals surface area contributed by atoms with Crippen molar-refractivity contribution in [1.82, 2.24) is 14.8 Å². The number of carbonyl (C=O) groups is 2. The first-order valence-electron chi connectivity index (χ1n) is 13.1. The minimum Gasteiger partial charge on any atom is -0.494 e. The Labute approximate surface area is 220 Å². The molecule has 2 aromatic carbocycles. The first kappa shape index (κ1) is 28.3. The molecule has 2 amide bonds. The monoisotopic (exact) mass is 507 g/mol. The Morgan fingerprint density at radius 2 is 1.70 bits per heavy atom. The number of H-pyrrole nitrogens is 1. The Kier molecular flexibility index (Phi) is 10.1. The first-order chi connectivity index (χ1) is 17.7. The van der Waals surface area contributed by atoms with Gasteiger partial charge in [-0.2, -0.15) is 0 Å². The van der Waals surface area contributed by atoms with Crippen LogP contribution in [0.5, 0.6) is 5.75 Å². The van der Waals surface area contributed by atoms with Crippen LogP contribution in [0, 0.1) is 5.41 Å². The van der Waals surface area contributed by atoms with E-state index in [0.717, 1.165) is 16.8 Å². The highest BCUT2D eigenvalue weighted by Gasteiger charge is 2.29. The van der Waals surface area contributed by atoms with E-state index >= 15 is 0 Å². The molecule has 0 aliphatic carbocycles. The lowest BCUT2D eigenvalue weighted by molar-refractivity contribution is -0.146. The molecule has 0 bridgehead atoms. The van der Waals surface area contributed by atoms with Crippen molar-refractivity contribution < 1.29 is 19.1 Å². The van der Waals surface area contributed by atoms with E-state index < -0.39 is 5.41 Å². The number of para-hydroxylation sites is 1. The molecular weight excluding hydrogens is 466 g/mol. The summed E-state index contributed by atoms with van der Waals surface area (Å²) in [5.41, 5.74) is 2.70. The predicted molar refractivity (Wildman–Crippen MR) is 148 cm³/mol. The van der Waals surface area contributed by atoms with Crippen molar-refractivity contribution in [1.29, 1.82) is 0 Å². The molecule has 0 radical (unpaired) electrons. The van der Waals surface area contributed by atoms with E-state index in [9.17, 15) is 9.59 Å². The second-order valence-electron chi connectivity index (χ2n) is 10.3. The number of nitrogens with one attached hydrogen (secondary N) is 1. The minimum atomic E-state index is -0.572. The molecular formula is C30H41N3O4. The van der Waals surface area contributed by atoms with E-state index in [4.69, 9.17) is 9.47 Å². The van der Waals surface area contributed by atoms with Crippen molar-refractivity contribution in [3.8, 4) is 5.75 Å². The molecule has 37 heavy (non-hydrogen) atoms. The molecule has 0 atom stereocenters. The maximum absolute atomic E-state index is 13.7. The summed E-state index contributed by atoms with van der Waals surface area (Å²) in [4.78, 5) is 33.7. The van der Waals surface area contributed by atoms with Crippen molar-refractivity contribution >= 4 is 22.7 Å². The largest absolute Gasteiger partial charge is 0.494 e. The summed E-state index contributed by atoms with van der Waals surface area (Å²) < 4.78 is 10.8. The van der Waals surface area contributed by atoms with E-state index in [1.165, 1.54) is 10.9 Å². The number of aromatic amines is 1. The van der Waals surface area contributed by atoms with Crippen LogP contribution in [0.1, 0.15) is 45.2 Å². The molecule has 0 spiro atoms. The van der Waals surface area contributed by atoms with Gasteiger partial charge in [-0.05, 0) is 49.1 Å². The highest BCUT2D eigenvalue weighted by molar-refractivity contribution is 5.87. The van der Waals surface area contributed by atoms with Crippen LogP contribution in [-0.4, -0.2) is 66.6 Å². The molecule has 0 unspecified atom stereocenters. The van der Waals surface area contributed by atoms with Crippen LogP contribution in [0.2, 0.25) is 0 Å². The summed E-state index contributed by atoms with van der Waals surface area (Å²) in [6.45, 7) is 10.3. The van der Waals surface area contributed by atoms with Gasteiger partial charge in [-0.3, -0.25) is 9.59 Å². The SMILES string of the molecule is CCOc1ccc(CN(CCc2c[nH]c3ccccc23)C(=O)CN(CCCOC)C(=O)C(C)(C)C)cc1. The minimum absolute atomic E-state index is 0.0328. The third-order valence-corrected chi connectivity index (χ3v) is 6.32. The fourth-order valence-electron chi connectivity index (χ4n) is 4.35. The third kappa shape index (κ3) is 8.09. The van der Waals surface area contributed by atoms with Gasteiger partial charge in [0.1, 0.15) is 5.75 Å². The maximum atomic E-state index is 13.7. The first-order valence-corrected chi connectivity index (χ1v) is 13.1. The zero-order chi connectivity index (χ0) is 26.8. The van der Waals surface area contributed by atoms with E-state index in [2.05, 4.69) is 17.1 Å². The number of hydrogen-bond donors (Lipinski definition) is 1. The summed E-state index contributed by atoms with van der Waals surface area (Å²) in [5, 5.41) is 1.17. The van der Waals surface area contributed by atoms with Crippen LogP contribution >= 0.6 is 0 Å². The fourth-order valence-corrected chi connectivity index (χ4v) is 4.35. The van der Waals surface area contributed by atoms with Crippen molar-refractivity contribution in [2.75, 3.05) is 40.0 Å². The van der Waals surface area contributed by atoms with Gasteiger partial charge < -0.3 is 24.3 Å². The van der Waals surface area contributed by atoms with Crippen LogP contribution in [0.4, 0.5) is 0 Å². The molecule has 7 heteroatoms. The zero-order valence-electron chi connectivity index (χ0n) is 22.9. The quantitative estimate of drug-likeness (QED) is 0.329.